The average molecular weight is 227 g/mol. The average Bonchev–Trinajstić information content (AvgIpc) is 2.35. The van der Waals surface area contributed by atoms with Crippen LogP contribution in [0.5, 0.6) is 0 Å². The Morgan fingerprint density at radius 2 is 2.06 bits per heavy atom. The van der Waals surface area contributed by atoms with Crippen molar-refractivity contribution in [3.05, 3.63) is 0 Å². The van der Waals surface area contributed by atoms with Gasteiger partial charge >= 0.3 is 5.97 Å². The van der Waals surface area contributed by atoms with Gasteiger partial charge in [0.05, 0.1) is 17.9 Å². The van der Waals surface area contributed by atoms with E-state index in [2.05, 4.69) is 5.32 Å². The van der Waals surface area contributed by atoms with Gasteiger partial charge in [0.1, 0.15) is 0 Å². The summed E-state index contributed by atoms with van der Waals surface area (Å²) < 4.78 is 4.78. The largest absolute Gasteiger partial charge is 0.466 e. The highest BCUT2D eigenvalue weighted by Crippen LogP contribution is 2.35. The van der Waals surface area contributed by atoms with Crippen LogP contribution in [0.15, 0.2) is 0 Å². The highest BCUT2D eigenvalue weighted by molar-refractivity contribution is 6.07. The van der Waals surface area contributed by atoms with Crippen LogP contribution in [-0.2, 0) is 19.1 Å². The lowest BCUT2D eigenvalue weighted by Crippen LogP contribution is -2.28. The minimum atomic E-state index is -0.733. The highest BCUT2D eigenvalue weighted by atomic mass is 16.5. The number of amides is 2. The Kier molecular flexibility index (Phi) is 3.67. The van der Waals surface area contributed by atoms with Crippen LogP contribution in [0.1, 0.15) is 33.6 Å². The Morgan fingerprint density at radius 1 is 1.44 bits per heavy atom. The predicted molar refractivity (Wildman–Crippen MR) is 56.3 cm³/mol. The fourth-order valence-corrected chi connectivity index (χ4v) is 1.83. The van der Waals surface area contributed by atoms with Gasteiger partial charge in [-0.05, 0) is 13.3 Å². The van der Waals surface area contributed by atoms with E-state index in [0.29, 0.717) is 13.0 Å². The number of imide groups is 1. The molecule has 1 saturated heterocycles. The molecule has 5 heteroatoms. The molecular weight excluding hydrogens is 210 g/mol. The number of hydrogen-bond donors (Lipinski definition) is 1. The van der Waals surface area contributed by atoms with Gasteiger partial charge in [0.15, 0.2) is 0 Å². The third kappa shape index (κ3) is 2.40. The molecule has 1 unspecified atom stereocenters. The second-order valence-corrected chi connectivity index (χ2v) is 4.44. The van der Waals surface area contributed by atoms with Crippen LogP contribution in [0.2, 0.25) is 0 Å². The van der Waals surface area contributed by atoms with Crippen LogP contribution in [0.3, 0.4) is 0 Å². The zero-order valence-electron chi connectivity index (χ0n) is 9.83. The Labute approximate surface area is 94.5 Å². The maximum absolute atomic E-state index is 11.5. The first-order chi connectivity index (χ1) is 7.39. The number of nitrogens with one attached hydrogen (secondary N) is 1. The summed E-state index contributed by atoms with van der Waals surface area (Å²) in [6.07, 6.45) is 0.520. The zero-order chi connectivity index (χ0) is 12.3. The molecule has 0 spiro atoms. The Hall–Kier alpha value is -1.39. The fourth-order valence-electron chi connectivity index (χ4n) is 1.83. The van der Waals surface area contributed by atoms with Crippen LogP contribution >= 0.6 is 0 Å². The second kappa shape index (κ2) is 4.63. The normalized spacial score (nSPS) is 23.1. The number of carbonyl (C=O) groups excluding carboxylic acids is 3. The Bertz CT molecular complexity index is 322. The summed E-state index contributed by atoms with van der Waals surface area (Å²) in [6, 6.07) is 0. The first-order valence-electron chi connectivity index (χ1n) is 5.40. The first kappa shape index (κ1) is 12.7. The van der Waals surface area contributed by atoms with Gasteiger partial charge in [-0.3, -0.25) is 19.7 Å². The topological polar surface area (TPSA) is 72.5 Å². The molecule has 90 valence electrons. The van der Waals surface area contributed by atoms with E-state index in [9.17, 15) is 14.4 Å². The van der Waals surface area contributed by atoms with Crippen molar-refractivity contribution in [1.29, 1.82) is 0 Å². The summed E-state index contributed by atoms with van der Waals surface area (Å²) in [5.41, 5.74) is -0.733. The number of carbonyl (C=O) groups is 3. The molecule has 1 aliphatic heterocycles. The van der Waals surface area contributed by atoms with Gasteiger partial charge in [0, 0.05) is 6.42 Å². The van der Waals surface area contributed by atoms with Crippen molar-refractivity contribution in [1.82, 2.24) is 5.32 Å². The molecule has 2 amide bonds. The summed E-state index contributed by atoms with van der Waals surface area (Å²) in [4.78, 5) is 34.1. The van der Waals surface area contributed by atoms with Gasteiger partial charge < -0.3 is 4.74 Å². The first-order valence-corrected chi connectivity index (χ1v) is 5.40. The molecule has 0 saturated carbocycles. The molecule has 1 rings (SSSR count). The van der Waals surface area contributed by atoms with Gasteiger partial charge in [-0.15, -0.1) is 0 Å². The number of ether oxygens (including phenoxy) is 1. The predicted octanol–water partition coefficient (Wildman–Crippen LogP) is 0.628. The molecule has 0 bridgehead atoms. The smallest absolute Gasteiger partial charge is 0.305 e. The summed E-state index contributed by atoms with van der Waals surface area (Å²) in [5.74, 6) is -1.33. The van der Waals surface area contributed by atoms with Crippen LogP contribution in [0, 0.1) is 11.3 Å². The number of hydrogen-bond acceptors (Lipinski definition) is 4. The lowest BCUT2D eigenvalue weighted by Gasteiger charge is -2.21. The molecule has 1 aliphatic rings. The quantitative estimate of drug-likeness (QED) is 0.564. The van der Waals surface area contributed by atoms with Crippen molar-refractivity contribution in [2.45, 2.75) is 33.6 Å². The van der Waals surface area contributed by atoms with Crippen molar-refractivity contribution in [3.8, 4) is 0 Å². The van der Waals surface area contributed by atoms with Crippen molar-refractivity contribution in [2.75, 3.05) is 6.61 Å². The lowest BCUT2D eigenvalue weighted by atomic mass is 9.78. The van der Waals surface area contributed by atoms with Crippen LogP contribution in [-0.4, -0.2) is 24.4 Å². The van der Waals surface area contributed by atoms with Crippen molar-refractivity contribution in [3.63, 3.8) is 0 Å². The Balaban J connectivity index is 2.57. The SMILES string of the molecule is CCOC(=O)CCC1C(=O)NC(=O)C1(C)C. The van der Waals surface area contributed by atoms with E-state index in [-0.39, 0.29) is 24.2 Å². The van der Waals surface area contributed by atoms with E-state index in [1.165, 1.54) is 0 Å². The van der Waals surface area contributed by atoms with E-state index in [1.54, 1.807) is 20.8 Å². The van der Waals surface area contributed by atoms with Crippen LogP contribution in [0.4, 0.5) is 0 Å². The third-order valence-electron chi connectivity index (χ3n) is 2.95. The van der Waals surface area contributed by atoms with Crippen molar-refractivity contribution < 1.29 is 19.1 Å². The number of rotatable bonds is 4. The summed E-state index contributed by atoms with van der Waals surface area (Å²) in [5, 5.41) is 2.28. The standard InChI is InChI=1S/C11H17NO4/c1-4-16-8(13)6-5-7-9(14)12-10(15)11(7,2)3/h7H,4-6H2,1-3H3,(H,12,14,15). The fraction of sp³-hybridized carbons (Fsp3) is 0.727. The van der Waals surface area contributed by atoms with E-state index in [4.69, 9.17) is 4.74 Å². The third-order valence-corrected chi connectivity index (χ3v) is 2.95. The molecule has 0 aromatic carbocycles. The maximum atomic E-state index is 11.5. The summed E-state index contributed by atoms with van der Waals surface area (Å²) in [7, 11) is 0. The molecule has 5 nitrogen and oxygen atoms in total. The summed E-state index contributed by atoms with van der Waals surface area (Å²) in [6.45, 7) is 5.48. The lowest BCUT2D eigenvalue weighted by molar-refractivity contribution is -0.144. The van der Waals surface area contributed by atoms with E-state index in [0.717, 1.165) is 0 Å². The minimum absolute atomic E-state index is 0.169. The van der Waals surface area contributed by atoms with Crippen molar-refractivity contribution >= 4 is 17.8 Å². The van der Waals surface area contributed by atoms with Gasteiger partial charge in [-0.1, -0.05) is 13.8 Å². The van der Waals surface area contributed by atoms with E-state index in [1.807, 2.05) is 0 Å². The molecule has 1 N–H and O–H groups in total. The number of esters is 1. The van der Waals surface area contributed by atoms with Crippen LogP contribution in [0.25, 0.3) is 0 Å². The summed E-state index contributed by atoms with van der Waals surface area (Å²) >= 11 is 0. The van der Waals surface area contributed by atoms with Gasteiger partial charge in [0.25, 0.3) is 0 Å². The zero-order valence-corrected chi connectivity index (χ0v) is 9.83. The molecule has 16 heavy (non-hydrogen) atoms. The molecule has 1 atom stereocenters. The van der Waals surface area contributed by atoms with Gasteiger partial charge in [-0.25, -0.2) is 0 Å². The molecular formula is C11H17NO4. The van der Waals surface area contributed by atoms with Gasteiger partial charge in [0.2, 0.25) is 11.8 Å². The molecule has 1 fully saturated rings. The minimum Gasteiger partial charge on any atom is -0.466 e. The van der Waals surface area contributed by atoms with Crippen molar-refractivity contribution in [2.24, 2.45) is 11.3 Å². The second-order valence-electron chi connectivity index (χ2n) is 4.44. The van der Waals surface area contributed by atoms with E-state index >= 15 is 0 Å². The van der Waals surface area contributed by atoms with Gasteiger partial charge in [-0.2, -0.15) is 0 Å². The van der Waals surface area contributed by atoms with Crippen LogP contribution < -0.4 is 5.32 Å². The monoisotopic (exact) mass is 227 g/mol. The maximum Gasteiger partial charge on any atom is 0.305 e. The molecule has 1 heterocycles. The van der Waals surface area contributed by atoms with E-state index < -0.39 is 11.3 Å². The molecule has 0 aromatic rings. The highest BCUT2D eigenvalue weighted by Gasteiger charge is 2.48. The molecule has 0 aliphatic carbocycles. The Morgan fingerprint density at radius 3 is 2.50 bits per heavy atom. The molecule has 0 aromatic heterocycles. The molecule has 0 radical (unpaired) electrons.